The lowest BCUT2D eigenvalue weighted by atomic mass is 10.1. The fourth-order valence-electron chi connectivity index (χ4n) is 3.37. The minimum Gasteiger partial charge on any atom is -0.454 e. The van der Waals surface area contributed by atoms with Gasteiger partial charge in [0.15, 0.2) is 11.5 Å². The molecule has 2 heterocycles. The molecule has 1 N–H and O–H groups in total. The second-order valence-corrected chi connectivity index (χ2v) is 7.37. The lowest BCUT2D eigenvalue weighted by molar-refractivity contribution is -0.917. The summed E-state index contributed by atoms with van der Waals surface area (Å²) >= 11 is 12.2. The van der Waals surface area contributed by atoms with Gasteiger partial charge in [-0.25, -0.2) is 0 Å². The van der Waals surface area contributed by atoms with E-state index in [0.29, 0.717) is 35.5 Å². The quantitative estimate of drug-likeness (QED) is 0.869. The topological polar surface area (TPSA) is 43.2 Å². The van der Waals surface area contributed by atoms with Crippen molar-refractivity contribution < 1.29 is 19.2 Å². The Hall–Kier alpha value is -1.95. The van der Waals surface area contributed by atoms with E-state index < -0.39 is 0 Å². The average molecular weight is 394 g/mol. The van der Waals surface area contributed by atoms with Gasteiger partial charge in [0.25, 0.3) is 5.91 Å². The Labute approximate surface area is 162 Å². The van der Waals surface area contributed by atoms with Crippen LogP contribution in [0, 0.1) is 0 Å². The standard InChI is InChI=1S/C19H18Cl2N2O3/c20-14-2-3-16(21)15(10-14)19(24)23-7-5-22(6-8-23)11-13-1-4-17-18(9-13)26-12-25-17/h1-4,9-10H,5-8,11-12H2/p+1. The lowest BCUT2D eigenvalue weighted by Crippen LogP contribution is -3.13. The highest BCUT2D eigenvalue weighted by Crippen LogP contribution is 2.32. The summed E-state index contributed by atoms with van der Waals surface area (Å²) < 4.78 is 10.8. The molecule has 7 heteroatoms. The van der Waals surface area contributed by atoms with Gasteiger partial charge in [-0.05, 0) is 36.4 Å². The number of quaternary nitrogens is 1. The van der Waals surface area contributed by atoms with Gasteiger partial charge in [-0.2, -0.15) is 0 Å². The van der Waals surface area contributed by atoms with Crippen molar-refractivity contribution in [3.8, 4) is 11.5 Å². The summed E-state index contributed by atoms with van der Waals surface area (Å²) in [4.78, 5) is 16.0. The first-order valence-electron chi connectivity index (χ1n) is 8.56. The Morgan fingerprint density at radius 2 is 1.81 bits per heavy atom. The van der Waals surface area contributed by atoms with Gasteiger partial charge in [0, 0.05) is 10.6 Å². The van der Waals surface area contributed by atoms with Gasteiger partial charge >= 0.3 is 0 Å². The fourth-order valence-corrected chi connectivity index (χ4v) is 3.74. The van der Waals surface area contributed by atoms with Gasteiger partial charge < -0.3 is 19.3 Å². The third-order valence-corrected chi connectivity index (χ3v) is 5.37. The van der Waals surface area contributed by atoms with Crippen LogP contribution >= 0.6 is 23.2 Å². The van der Waals surface area contributed by atoms with Crippen LogP contribution in [0.2, 0.25) is 10.0 Å². The van der Waals surface area contributed by atoms with Crippen molar-refractivity contribution >= 4 is 29.1 Å². The molecule has 2 aromatic carbocycles. The molecule has 0 aromatic heterocycles. The summed E-state index contributed by atoms with van der Waals surface area (Å²) in [5.74, 6) is 1.56. The van der Waals surface area contributed by atoms with E-state index in [1.54, 1.807) is 18.2 Å². The van der Waals surface area contributed by atoms with Crippen LogP contribution in [0.25, 0.3) is 0 Å². The van der Waals surface area contributed by atoms with Crippen molar-refractivity contribution in [3.63, 3.8) is 0 Å². The van der Waals surface area contributed by atoms with Crippen molar-refractivity contribution in [3.05, 3.63) is 57.6 Å². The number of fused-ring (bicyclic) bond motifs is 1. The molecule has 0 radical (unpaired) electrons. The molecule has 1 saturated heterocycles. The molecule has 2 aliphatic rings. The summed E-state index contributed by atoms with van der Waals surface area (Å²) in [5.41, 5.74) is 1.68. The van der Waals surface area contributed by atoms with Crippen LogP contribution in [0.1, 0.15) is 15.9 Å². The van der Waals surface area contributed by atoms with Crippen LogP contribution in [-0.2, 0) is 6.54 Å². The number of carbonyl (C=O) groups is 1. The molecular weight excluding hydrogens is 375 g/mol. The summed E-state index contributed by atoms with van der Waals surface area (Å²) in [7, 11) is 0. The van der Waals surface area contributed by atoms with E-state index in [9.17, 15) is 4.79 Å². The Kier molecular flexibility index (Phi) is 4.94. The third-order valence-electron chi connectivity index (χ3n) is 4.81. The Balaban J connectivity index is 1.36. The highest BCUT2D eigenvalue weighted by Gasteiger charge is 2.26. The number of piperazine rings is 1. The Morgan fingerprint density at radius 3 is 2.62 bits per heavy atom. The normalized spacial score (nSPS) is 16.8. The third kappa shape index (κ3) is 3.61. The van der Waals surface area contributed by atoms with E-state index in [4.69, 9.17) is 32.7 Å². The monoisotopic (exact) mass is 393 g/mol. The van der Waals surface area contributed by atoms with Crippen molar-refractivity contribution in [1.82, 2.24) is 4.90 Å². The van der Waals surface area contributed by atoms with Gasteiger partial charge in [0.2, 0.25) is 6.79 Å². The first kappa shape index (κ1) is 17.5. The molecule has 4 rings (SSSR count). The summed E-state index contributed by atoms with van der Waals surface area (Å²) in [6.45, 7) is 4.36. The zero-order valence-electron chi connectivity index (χ0n) is 14.1. The molecular formula is C19H19Cl2N2O3+. The first-order chi connectivity index (χ1) is 12.6. The van der Waals surface area contributed by atoms with Gasteiger partial charge in [0.1, 0.15) is 6.54 Å². The molecule has 1 fully saturated rings. The van der Waals surface area contributed by atoms with E-state index in [0.717, 1.165) is 31.1 Å². The summed E-state index contributed by atoms with van der Waals surface area (Å²) in [6.07, 6.45) is 0. The zero-order chi connectivity index (χ0) is 18.1. The highest BCUT2D eigenvalue weighted by atomic mass is 35.5. The van der Waals surface area contributed by atoms with Gasteiger partial charge in [-0.1, -0.05) is 23.2 Å². The van der Waals surface area contributed by atoms with Crippen molar-refractivity contribution in [2.75, 3.05) is 33.0 Å². The largest absolute Gasteiger partial charge is 0.454 e. The number of amides is 1. The highest BCUT2D eigenvalue weighted by molar-refractivity contribution is 6.35. The smallest absolute Gasteiger partial charge is 0.255 e. The van der Waals surface area contributed by atoms with E-state index >= 15 is 0 Å². The molecule has 2 aliphatic heterocycles. The fraction of sp³-hybridized carbons (Fsp3) is 0.316. The maximum absolute atomic E-state index is 12.7. The number of nitrogens with one attached hydrogen (secondary N) is 1. The van der Waals surface area contributed by atoms with Crippen LogP contribution in [0.15, 0.2) is 36.4 Å². The van der Waals surface area contributed by atoms with Crippen LogP contribution < -0.4 is 14.4 Å². The SMILES string of the molecule is O=C(c1cc(Cl)ccc1Cl)N1CC[NH+](Cc2ccc3c(c2)OCO3)CC1. The number of ether oxygens (including phenoxy) is 2. The first-order valence-corrected chi connectivity index (χ1v) is 9.32. The van der Waals surface area contributed by atoms with Crippen LogP contribution in [0.4, 0.5) is 0 Å². The molecule has 2 aromatic rings. The predicted molar refractivity (Wildman–Crippen MR) is 99.3 cm³/mol. The van der Waals surface area contributed by atoms with Crippen LogP contribution in [-0.4, -0.2) is 43.8 Å². The molecule has 26 heavy (non-hydrogen) atoms. The van der Waals surface area contributed by atoms with Crippen molar-refractivity contribution in [2.45, 2.75) is 6.54 Å². The number of hydrogen-bond acceptors (Lipinski definition) is 3. The number of rotatable bonds is 3. The van der Waals surface area contributed by atoms with E-state index in [2.05, 4.69) is 6.07 Å². The van der Waals surface area contributed by atoms with Crippen LogP contribution in [0.5, 0.6) is 11.5 Å². The predicted octanol–water partition coefficient (Wildman–Crippen LogP) is 2.26. The Morgan fingerprint density at radius 1 is 1.04 bits per heavy atom. The zero-order valence-corrected chi connectivity index (χ0v) is 15.6. The maximum Gasteiger partial charge on any atom is 0.255 e. The van der Waals surface area contributed by atoms with Gasteiger partial charge in [0.05, 0.1) is 36.8 Å². The van der Waals surface area contributed by atoms with Gasteiger partial charge in [-0.3, -0.25) is 4.79 Å². The average Bonchev–Trinajstić information content (AvgIpc) is 3.11. The number of halogens is 2. The molecule has 0 spiro atoms. The molecule has 0 saturated carbocycles. The number of carbonyl (C=O) groups excluding carboxylic acids is 1. The van der Waals surface area contributed by atoms with E-state index in [1.165, 1.54) is 10.5 Å². The molecule has 136 valence electrons. The molecule has 1 amide bonds. The summed E-state index contributed by atoms with van der Waals surface area (Å²) in [6, 6.07) is 11.1. The molecule has 0 bridgehead atoms. The second-order valence-electron chi connectivity index (χ2n) is 6.53. The van der Waals surface area contributed by atoms with E-state index in [1.807, 2.05) is 17.0 Å². The molecule has 5 nitrogen and oxygen atoms in total. The van der Waals surface area contributed by atoms with Crippen molar-refractivity contribution in [2.24, 2.45) is 0 Å². The molecule has 0 atom stereocenters. The molecule has 0 aliphatic carbocycles. The number of hydrogen-bond donors (Lipinski definition) is 1. The number of nitrogens with zero attached hydrogens (tertiary/aromatic N) is 1. The minimum absolute atomic E-state index is 0.0559. The van der Waals surface area contributed by atoms with Gasteiger partial charge in [-0.15, -0.1) is 0 Å². The lowest BCUT2D eigenvalue weighted by Gasteiger charge is -2.32. The summed E-state index contributed by atoms with van der Waals surface area (Å²) in [5, 5.41) is 0.958. The molecule has 0 unspecified atom stereocenters. The minimum atomic E-state index is -0.0559. The van der Waals surface area contributed by atoms with E-state index in [-0.39, 0.29) is 5.91 Å². The van der Waals surface area contributed by atoms with Crippen molar-refractivity contribution in [1.29, 1.82) is 0 Å². The Bertz CT molecular complexity index is 836. The maximum atomic E-state index is 12.7. The second kappa shape index (κ2) is 7.35. The number of benzene rings is 2. The van der Waals surface area contributed by atoms with Crippen LogP contribution in [0.3, 0.4) is 0 Å².